The van der Waals surface area contributed by atoms with Gasteiger partial charge in [0.1, 0.15) is 17.2 Å². The lowest BCUT2D eigenvalue weighted by Gasteiger charge is -2.45. The van der Waals surface area contributed by atoms with Crippen molar-refractivity contribution >= 4 is 42.1 Å². The van der Waals surface area contributed by atoms with Crippen LogP contribution in [0.5, 0.6) is 0 Å². The minimum absolute atomic E-state index is 0.0657. The lowest BCUT2D eigenvalue weighted by Crippen LogP contribution is -2.67. The Labute approximate surface area is 251 Å². The summed E-state index contributed by atoms with van der Waals surface area (Å²) in [6.07, 6.45) is 0.0483. The van der Waals surface area contributed by atoms with Gasteiger partial charge in [0, 0.05) is 30.1 Å². The summed E-state index contributed by atoms with van der Waals surface area (Å²) >= 11 is 0. The summed E-state index contributed by atoms with van der Waals surface area (Å²) < 4.78 is 10.8. The van der Waals surface area contributed by atoms with E-state index in [2.05, 4.69) is 15.6 Å². The van der Waals surface area contributed by atoms with Gasteiger partial charge in [-0.2, -0.15) is 0 Å². The predicted octanol–water partition coefficient (Wildman–Crippen LogP) is 2.66. The Morgan fingerprint density at radius 1 is 1.07 bits per heavy atom. The molecule has 3 amide bonds. The Kier molecular flexibility index (Phi) is 10.4. The Hall–Kier alpha value is -3.78. The standard InChI is InChI=1S/C29H43BN4O9/c1-27(2,3)42-25(38)32-22(13-19-15-31-21-10-8-7-9-20(19)21)23(35)34-16-18(11-12-30(40)41)14-29(17-34,24(36)37)33-26(39)43-28(4,5)6/h7-10,15,18,22,31,40-41H,11-14,16-17H2,1-6H3,(H,32,38)(H,33,39)(H,36,37)/t18-,22-,29+/m0/s1. The van der Waals surface area contributed by atoms with Crippen molar-refractivity contribution in [2.45, 2.75) is 89.9 Å². The van der Waals surface area contributed by atoms with Crippen molar-refractivity contribution in [1.29, 1.82) is 0 Å². The van der Waals surface area contributed by atoms with Gasteiger partial charge in [0.25, 0.3) is 0 Å². The number of piperidine rings is 1. The number of carbonyl (C=O) groups is 4. The molecule has 0 unspecified atom stereocenters. The Morgan fingerprint density at radius 3 is 2.30 bits per heavy atom. The molecule has 0 saturated carbocycles. The smallest absolute Gasteiger partial charge is 0.451 e. The number of fused-ring (bicyclic) bond motifs is 1. The first-order valence-electron chi connectivity index (χ1n) is 14.3. The SMILES string of the molecule is CC(C)(C)OC(=O)N[C@@H](Cc1c[nH]c2ccccc12)C(=O)N1C[C@@H](CCB(O)O)C[C@](NC(=O)OC(C)(C)C)(C(=O)O)C1. The number of aromatic nitrogens is 1. The second-order valence-corrected chi connectivity index (χ2v) is 13.1. The van der Waals surface area contributed by atoms with Crippen molar-refractivity contribution in [3.05, 3.63) is 36.0 Å². The van der Waals surface area contributed by atoms with Gasteiger partial charge in [0.15, 0.2) is 5.54 Å². The van der Waals surface area contributed by atoms with Crippen LogP contribution in [-0.4, -0.2) is 92.1 Å². The van der Waals surface area contributed by atoms with E-state index in [1.54, 1.807) is 47.7 Å². The number of carbonyl (C=O) groups excluding carboxylic acids is 3. The third-order valence-electron chi connectivity index (χ3n) is 6.96. The number of amides is 3. The Bertz CT molecular complexity index is 1320. The molecule has 0 aliphatic carbocycles. The number of nitrogens with one attached hydrogen (secondary N) is 3. The van der Waals surface area contributed by atoms with Gasteiger partial charge in [-0.05, 0) is 71.8 Å². The van der Waals surface area contributed by atoms with E-state index in [9.17, 15) is 34.3 Å². The number of aliphatic carboxylic acids is 1. The number of hydrogen-bond acceptors (Lipinski definition) is 8. The molecule has 1 aromatic carbocycles. The van der Waals surface area contributed by atoms with Crippen molar-refractivity contribution in [1.82, 2.24) is 20.5 Å². The van der Waals surface area contributed by atoms with Crippen LogP contribution in [0.25, 0.3) is 10.9 Å². The van der Waals surface area contributed by atoms with Crippen LogP contribution in [0.2, 0.25) is 6.32 Å². The number of rotatable bonds is 9. The zero-order valence-corrected chi connectivity index (χ0v) is 25.6. The number of ether oxygens (including phenoxy) is 2. The lowest BCUT2D eigenvalue weighted by atomic mass is 9.75. The molecule has 13 nitrogen and oxygen atoms in total. The first kappa shape index (κ1) is 33.7. The molecule has 0 spiro atoms. The second kappa shape index (κ2) is 13.3. The second-order valence-electron chi connectivity index (χ2n) is 13.1. The molecule has 0 radical (unpaired) electrons. The summed E-state index contributed by atoms with van der Waals surface area (Å²) in [5, 5.41) is 35.3. The first-order valence-corrected chi connectivity index (χ1v) is 14.3. The normalized spacial score (nSPS) is 19.8. The molecule has 236 valence electrons. The van der Waals surface area contributed by atoms with Crippen LogP contribution in [0.3, 0.4) is 0 Å². The molecule has 1 fully saturated rings. The summed E-state index contributed by atoms with van der Waals surface area (Å²) in [5.74, 6) is -2.48. The molecule has 1 aliphatic heterocycles. The van der Waals surface area contributed by atoms with E-state index in [-0.39, 0.29) is 32.1 Å². The maximum absolute atomic E-state index is 14.2. The minimum atomic E-state index is -1.93. The maximum Gasteiger partial charge on any atom is 0.451 e. The summed E-state index contributed by atoms with van der Waals surface area (Å²) in [4.78, 5) is 57.0. The van der Waals surface area contributed by atoms with E-state index in [1.807, 2.05) is 24.3 Å². The van der Waals surface area contributed by atoms with Crippen LogP contribution in [0.1, 0.15) is 59.9 Å². The van der Waals surface area contributed by atoms with Crippen molar-refractivity contribution in [3.63, 3.8) is 0 Å². The molecule has 43 heavy (non-hydrogen) atoms. The zero-order valence-electron chi connectivity index (χ0n) is 25.6. The molecule has 3 rings (SSSR count). The average Bonchev–Trinajstić information content (AvgIpc) is 3.27. The first-order chi connectivity index (χ1) is 19.9. The van der Waals surface area contributed by atoms with Crippen LogP contribution in [0, 0.1) is 5.92 Å². The Balaban J connectivity index is 1.97. The van der Waals surface area contributed by atoms with Gasteiger partial charge < -0.3 is 45.1 Å². The van der Waals surface area contributed by atoms with Gasteiger partial charge in [-0.15, -0.1) is 0 Å². The fraction of sp³-hybridized carbons (Fsp3) is 0.586. The highest BCUT2D eigenvalue weighted by molar-refractivity contribution is 6.40. The van der Waals surface area contributed by atoms with Crippen LogP contribution >= 0.6 is 0 Å². The Morgan fingerprint density at radius 2 is 1.70 bits per heavy atom. The number of nitrogens with zero attached hydrogens (tertiary/aromatic N) is 1. The molecule has 1 saturated heterocycles. The fourth-order valence-electron chi connectivity index (χ4n) is 5.26. The highest BCUT2D eigenvalue weighted by Crippen LogP contribution is 2.31. The van der Waals surface area contributed by atoms with Crippen molar-refractivity contribution in [2.75, 3.05) is 13.1 Å². The number of hydrogen-bond donors (Lipinski definition) is 6. The number of benzene rings is 1. The highest BCUT2D eigenvalue weighted by atomic mass is 16.6. The van der Waals surface area contributed by atoms with E-state index in [0.29, 0.717) is 0 Å². The fourth-order valence-corrected chi connectivity index (χ4v) is 5.26. The van der Waals surface area contributed by atoms with E-state index in [0.717, 1.165) is 16.5 Å². The van der Waals surface area contributed by atoms with Crippen LogP contribution in [0.15, 0.2) is 30.5 Å². The van der Waals surface area contributed by atoms with Gasteiger partial charge in [-0.1, -0.05) is 24.6 Å². The number of likely N-dealkylation sites (tertiary alicyclic amines) is 1. The molecule has 1 aromatic heterocycles. The number of para-hydroxylation sites is 1. The maximum atomic E-state index is 14.2. The predicted molar refractivity (Wildman–Crippen MR) is 159 cm³/mol. The molecule has 3 atom stereocenters. The van der Waals surface area contributed by atoms with Gasteiger partial charge in [-0.25, -0.2) is 14.4 Å². The van der Waals surface area contributed by atoms with E-state index >= 15 is 0 Å². The van der Waals surface area contributed by atoms with E-state index in [1.165, 1.54) is 4.90 Å². The van der Waals surface area contributed by atoms with Crippen LogP contribution < -0.4 is 10.6 Å². The largest absolute Gasteiger partial charge is 0.479 e. The zero-order chi connectivity index (χ0) is 32.2. The van der Waals surface area contributed by atoms with Crippen LogP contribution in [0.4, 0.5) is 9.59 Å². The molecular formula is C29H43BN4O9. The van der Waals surface area contributed by atoms with Crippen LogP contribution in [-0.2, 0) is 25.5 Å². The van der Waals surface area contributed by atoms with Crippen molar-refractivity contribution in [2.24, 2.45) is 5.92 Å². The molecule has 6 N–H and O–H groups in total. The number of H-pyrrole nitrogens is 1. The van der Waals surface area contributed by atoms with Gasteiger partial charge >= 0.3 is 25.3 Å². The molecule has 1 aliphatic rings. The molecule has 0 bridgehead atoms. The summed E-state index contributed by atoms with van der Waals surface area (Å²) in [5.41, 5.74) is -2.09. The summed E-state index contributed by atoms with van der Waals surface area (Å²) in [6.45, 7) is 9.65. The van der Waals surface area contributed by atoms with Gasteiger partial charge in [0.05, 0.1) is 6.54 Å². The third kappa shape index (κ3) is 9.62. The molecule has 2 heterocycles. The van der Waals surface area contributed by atoms with Gasteiger partial charge in [-0.3, -0.25) is 4.79 Å². The summed E-state index contributed by atoms with van der Waals surface area (Å²) in [6, 6.07) is 6.33. The average molecular weight is 602 g/mol. The topological polar surface area (TPSA) is 191 Å². The highest BCUT2D eigenvalue weighted by Gasteiger charge is 2.50. The number of carboxylic acids is 1. The molecule has 14 heteroatoms. The number of alkyl carbamates (subject to hydrolysis) is 2. The van der Waals surface area contributed by atoms with Crippen molar-refractivity contribution < 1.29 is 43.8 Å². The van der Waals surface area contributed by atoms with Gasteiger partial charge in [0.2, 0.25) is 5.91 Å². The monoisotopic (exact) mass is 602 g/mol. The quantitative estimate of drug-likeness (QED) is 0.234. The lowest BCUT2D eigenvalue weighted by molar-refractivity contribution is -0.152. The minimum Gasteiger partial charge on any atom is -0.479 e. The molecular weight excluding hydrogens is 559 g/mol. The third-order valence-corrected chi connectivity index (χ3v) is 6.96. The summed E-state index contributed by atoms with van der Waals surface area (Å²) in [7, 11) is -1.63. The number of aromatic amines is 1. The van der Waals surface area contributed by atoms with E-state index in [4.69, 9.17) is 9.47 Å². The van der Waals surface area contributed by atoms with E-state index < -0.39 is 66.4 Å². The van der Waals surface area contributed by atoms with Crippen molar-refractivity contribution in [3.8, 4) is 0 Å². The number of carboxylic acid groups (broad SMARTS) is 1. The molecule has 2 aromatic rings.